The summed E-state index contributed by atoms with van der Waals surface area (Å²) in [4.78, 5) is 25.8. The van der Waals surface area contributed by atoms with Crippen LogP contribution in [0.1, 0.15) is 28.2 Å². The summed E-state index contributed by atoms with van der Waals surface area (Å²) in [6, 6.07) is 26.2. The quantitative estimate of drug-likeness (QED) is 0.623. The minimum absolute atomic E-state index is 0.230. The molecule has 4 heteroatoms. The predicted molar refractivity (Wildman–Crippen MR) is 114 cm³/mol. The Morgan fingerprint density at radius 3 is 1.86 bits per heavy atom. The summed E-state index contributed by atoms with van der Waals surface area (Å²) in [5.74, 6) is -1.20. The third-order valence-corrected chi connectivity index (χ3v) is 5.02. The van der Waals surface area contributed by atoms with Crippen molar-refractivity contribution >= 4 is 11.9 Å². The lowest BCUT2D eigenvalue weighted by Crippen LogP contribution is -2.45. The van der Waals surface area contributed by atoms with Crippen LogP contribution in [0.3, 0.4) is 0 Å². The zero-order valence-electron chi connectivity index (χ0n) is 16.7. The fourth-order valence-corrected chi connectivity index (χ4v) is 3.44. The van der Waals surface area contributed by atoms with E-state index < -0.39 is 17.9 Å². The molecule has 1 amide bonds. The molecule has 29 heavy (non-hydrogen) atoms. The highest BCUT2D eigenvalue weighted by molar-refractivity contribution is 5.91. The van der Waals surface area contributed by atoms with Crippen molar-refractivity contribution < 1.29 is 14.3 Å². The number of esters is 1. The van der Waals surface area contributed by atoms with E-state index in [2.05, 4.69) is 5.32 Å². The van der Waals surface area contributed by atoms with E-state index in [1.54, 1.807) is 0 Å². The summed E-state index contributed by atoms with van der Waals surface area (Å²) in [5.41, 5.74) is 3.81. The maximum atomic E-state index is 13.3. The van der Waals surface area contributed by atoms with E-state index in [9.17, 15) is 9.59 Å². The van der Waals surface area contributed by atoms with Crippen LogP contribution >= 0.6 is 0 Å². The standard InChI is InChI=1S/C25H25NO3/c1-18-11-9-10-16-21(18)17-22(25(28)29-2)26-24(27)23(19-12-5-3-6-13-19)20-14-7-4-8-15-20/h3-16,22-23H,17H2,1-2H3,(H,26,27)/t22-/m1/s1. The number of nitrogens with one attached hydrogen (secondary N) is 1. The SMILES string of the molecule is COC(=O)[C@@H](Cc1ccccc1C)NC(=O)C(c1ccccc1)c1ccccc1. The molecule has 0 saturated carbocycles. The summed E-state index contributed by atoms with van der Waals surface area (Å²) in [7, 11) is 1.34. The van der Waals surface area contributed by atoms with Gasteiger partial charge < -0.3 is 10.1 Å². The number of amides is 1. The van der Waals surface area contributed by atoms with Crippen molar-refractivity contribution in [2.24, 2.45) is 0 Å². The second kappa shape index (κ2) is 9.69. The normalized spacial score (nSPS) is 11.7. The molecule has 3 rings (SSSR count). The number of carbonyl (C=O) groups is 2. The van der Waals surface area contributed by atoms with Crippen LogP contribution in [0.4, 0.5) is 0 Å². The van der Waals surface area contributed by atoms with Gasteiger partial charge in [-0.2, -0.15) is 0 Å². The van der Waals surface area contributed by atoms with Crippen molar-refractivity contribution in [2.45, 2.75) is 25.3 Å². The summed E-state index contributed by atoms with van der Waals surface area (Å²) >= 11 is 0. The Kier molecular flexibility index (Phi) is 6.80. The van der Waals surface area contributed by atoms with Crippen LogP contribution in [-0.2, 0) is 20.7 Å². The molecule has 0 radical (unpaired) electrons. The van der Waals surface area contributed by atoms with Crippen molar-refractivity contribution in [3.63, 3.8) is 0 Å². The lowest BCUT2D eigenvalue weighted by molar-refractivity contribution is -0.145. The molecule has 0 unspecified atom stereocenters. The number of benzene rings is 3. The molecule has 0 bridgehead atoms. The summed E-state index contributed by atoms with van der Waals surface area (Å²) in [6.07, 6.45) is 0.376. The molecule has 4 nitrogen and oxygen atoms in total. The molecule has 0 aliphatic rings. The van der Waals surface area contributed by atoms with Gasteiger partial charge in [0.25, 0.3) is 0 Å². The first-order valence-electron chi connectivity index (χ1n) is 9.62. The van der Waals surface area contributed by atoms with Crippen LogP contribution in [0.25, 0.3) is 0 Å². The average molecular weight is 387 g/mol. The van der Waals surface area contributed by atoms with E-state index >= 15 is 0 Å². The van der Waals surface area contributed by atoms with Gasteiger partial charge in [0.05, 0.1) is 13.0 Å². The van der Waals surface area contributed by atoms with Crippen LogP contribution in [-0.4, -0.2) is 25.0 Å². The molecule has 0 saturated heterocycles. The van der Waals surface area contributed by atoms with Gasteiger partial charge >= 0.3 is 5.97 Å². The van der Waals surface area contributed by atoms with Gasteiger partial charge in [-0.05, 0) is 29.2 Å². The molecule has 0 heterocycles. The molecule has 3 aromatic rings. The second-order valence-electron chi connectivity index (χ2n) is 6.97. The Morgan fingerprint density at radius 2 is 1.34 bits per heavy atom. The van der Waals surface area contributed by atoms with Crippen LogP contribution in [0.5, 0.6) is 0 Å². The van der Waals surface area contributed by atoms with E-state index in [0.717, 1.165) is 22.3 Å². The van der Waals surface area contributed by atoms with E-state index in [0.29, 0.717) is 6.42 Å². The zero-order chi connectivity index (χ0) is 20.6. The average Bonchev–Trinajstić information content (AvgIpc) is 2.76. The number of hydrogen-bond acceptors (Lipinski definition) is 3. The first-order chi connectivity index (χ1) is 14.1. The second-order valence-corrected chi connectivity index (χ2v) is 6.97. The first-order valence-corrected chi connectivity index (χ1v) is 9.62. The minimum Gasteiger partial charge on any atom is -0.467 e. The maximum Gasteiger partial charge on any atom is 0.328 e. The molecular formula is C25H25NO3. The Bertz CT molecular complexity index is 915. The Hall–Kier alpha value is -3.40. The molecule has 148 valence electrons. The summed E-state index contributed by atoms with van der Waals surface area (Å²) < 4.78 is 4.96. The zero-order valence-corrected chi connectivity index (χ0v) is 16.7. The Labute approximate surface area is 171 Å². The smallest absolute Gasteiger partial charge is 0.328 e. The van der Waals surface area contributed by atoms with Crippen molar-refractivity contribution in [3.05, 3.63) is 107 Å². The van der Waals surface area contributed by atoms with Gasteiger partial charge in [0, 0.05) is 6.42 Å². The van der Waals surface area contributed by atoms with E-state index in [-0.39, 0.29) is 5.91 Å². The van der Waals surface area contributed by atoms with Gasteiger partial charge in [0.15, 0.2) is 0 Å². The highest BCUT2D eigenvalue weighted by atomic mass is 16.5. The van der Waals surface area contributed by atoms with Crippen molar-refractivity contribution in [1.29, 1.82) is 0 Å². The van der Waals surface area contributed by atoms with Crippen molar-refractivity contribution in [1.82, 2.24) is 5.32 Å². The largest absolute Gasteiger partial charge is 0.467 e. The van der Waals surface area contributed by atoms with Gasteiger partial charge in [0.1, 0.15) is 6.04 Å². The van der Waals surface area contributed by atoms with Gasteiger partial charge in [-0.1, -0.05) is 84.9 Å². The van der Waals surface area contributed by atoms with Gasteiger partial charge in [0.2, 0.25) is 5.91 Å². The number of aryl methyl sites for hydroxylation is 1. The number of rotatable bonds is 7. The molecule has 0 fully saturated rings. The first kappa shape index (κ1) is 20.3. The van der Waals surface area contributed by atoms with Crippen molar-refractivity contribution in [3.8, 4) is 0 Å². The topological polar surface area (TPSA) is 55.4 Å². The molecule has 3 aromatic carbocycles. The summed E-state index contributed by atoms with van der Waals surface area (Å²) in [6.45, 7) is 1.99. The molecule has 0 aromatic heterocycles. The van der Waals surface area contributed by atoms with Crippen LogP contribution in [0.15, 0.2) is 84.9 Å². The highest BCUT2D eigenvalue weighted by Crippen LogP contribution is 2.25. The summed E-state index contributed by atoms with van der Waals surface area (Å²) in [5, 5.41) is 2.93. The Morgan fingerprint density at radius 1 is 0.828 bits per heavy atom. The van der Waals surface area contributed by atoms with Crippen LogP contribution in [0, 0.1) is 6.92 Å². The lowest BCUT2D eigenvalue weighted by Gasteiger charge is -2.22. The monoisotopic (exact) mass is 387 g/mol. The minimum atomic E-state index is -0.761. The molecule has 1 N–H and O–H groups in total. The highest BCUT2D eigenvalue weighted by Gasteiger charge is 2.28. The predicted octanol–water partition coefficient (Wildman–Crippen LogP) is 4.03. The van der Waals surface area contributed by atoms with Crippen LogP contribution < -0.4 is 5.32 Å². The third-order valence-electron chi connectivity index (χ3n) is 5.02. The van der Waals surface area contributed by atoms with E-state index in [1.165, 1.54) is 7.11 Å². The van der Waals surface area contributed by atoms with E-state index in [4.69, 9.17) is 4.74 Å². The molecule has 0 aliphatic carbocycles. The molecule has 1 atom stereocenters. The van der Waals surface area contributed by atoms with Crippen molar-refractivity contribution in [2.75, 3.05) is 7.11 Å². The van der Waals surface area contributed by atoms with Gasteiger partial charge in [-0.3, -0.25) is 4.79 Å². The number of hydrogen-bond donors (Lipinski definition) is 1. The van der Waals surface area contributed by atoms with Gasteiger partial charge in [-0.15, -0.1) is 0 Å². The van der Waals surface area contributed by atoms with Gasteiger partial charge in [-0.25, -0.2) is 4.79 Å². The molecule has 0 aliphatic heterocycles. The maximum absolute atomic E-state index is 13.3. The molecular weight excluding hydrogens is 362 g/mol. The number of ether oxygens (including phenoxy) is 1. The van der Waals surface area contributed by atoms with E-state index in [1.807, 2.05) is 91.9 Å². The lowest BCUT2D eigenvalue weighted by atomic mass is 9.90. The number of methoxy groups -OCH3 is 1. The Balaban J connectivity index is 1.89. The fourth-order valence-electron chi connectivity index (χ4n) is 3.44. The third kappa shape index (κ3) is 5.11. The molecule has 0 spiro atoms. The fraction of sp³-hybridized carbons (Fsp3) is 0.200. The number of carbonyl (C=O) groups excluding carboxylic acids is 2. The van der Waals surface area contributed by atoms with Crippen LogP contribution in [0.2, 0.25) is 0 Å².